The first-order chi connectivity index (χ1) is 14.7. The van der Waals surface area contributed by atoms with Gasteiger partial charge in [0, 0.05) is 35.9 Å². The number of benzene rings is 2. The number of nitrogen functional groups attached to an aromatic ring is 1. The molecule has 2 aromatic heterocycles. The van der Waals surface area contributed by atoms with Crippen molar-refractivity contribution in [3.05, 3.63) is 36.4 Å². The number of imidazole rings is 1. The van der Waals surface area contributed by atoms with Crippen LogP contribution in [0.2, 0.25) is 0 Å². The van der Waals surface area contributed by atoms with Crippen LogP contribution in [0.25, 0.3) is 33.5 Å². The molecule has 0 radical (unpaired) electrons. The van der Waals surface area contributed by atoms with Crippen molar-refractivity contribution in [2.24, 2.45) is 0 Å². The Bertz CT molecular complexity index is 1190. The Kier molecular flexibility index (Phi) is 4.16. The number of hydrogen-bond donors (Lipinski definition) is 3. The average molecular weight is 402 g/mol. The molecule has 2 aliphatic rings. The molecule has 7 heteroatoms. The molecule has 6 rings (SSSR count). The number of nitrogens with one attached hydrogen (secondary N) is 2. The highest BCUT2D eigenvalue weighted by atomic mass is 15.2. The van der Waals surface area contributed by atoms with E-state index in [0.717, 1.165) is 58.3 Å². The largest absolute Gasteiger partial charge is 0.399 e. The van der Waals surface area contributed by atoms with E-state index in [1.807, 2.05) is 18.2 Å². The summed E-state index contributed by atoms with van der Waals surface area (Å²) >= 11 is 0. The molecule has 4 aromatic rings. The molecule has 0 aliphatic carbocycles. The molecule has 30 heavy (non-hydrogen) atoms. The number of likely N-dealkylation sites (tertiary alicyclic amines) is 1. The van der Waals surface area contributed by atoms with Crippen molar-refractivity contribution in [1.29, 1.82) is 0 Å². The van der Waals surface area contributed by atoms with Crippen LogP contribution in [0.5, 0.6) is 0 Å². The summed E-state index contributed by atoms with van der Waals surface area (Å²) < 4.78 is 0. The normalized spacial score (nSPS) is 18.7. The molecule has 7 nitrogen and oxygen atoms in total. The molecular formula is C23H27N7. The van der Waals surface area contributed by atoms with Crippen LogP contribution in [0, 0.1) is 0 Å². The molecule has 0 amide bonds. The quantitative estimate of drug-likeness (QED) is 0.455. The van der Waals surface area contributed by atoms with Gasteiger partial charge in [-0.2, -0.15) is 5.10 Å². The van der Waals surface area contributed by atoms with E-state index >= 15 is 0 Å². The summed E-state index contributed by atoms with van der Waals surface area (Å²) in [6.07, 6.45) is 5.26. The van der Waals surface area contributed by atoms with E-state index in [0.29, 0.717) is 0 Å². The van der Waals surface area contributed by atoms with Crippen LogP contribution in [0.3, 0.4) is 0 Å². The zero-order valence-electron chi connectivity index (χ0n) is 17.1. The van der Waals surface area contributed by atoms with Gasteiger partial charge in [-0.1, -0.05) is 0 Å². The number of aromatic amines is 2. The number of rotatable bonds is 3. The predicted octanol–water partition coefficient (Wildman–Crippen LogP) is 3.75. The minimum atomic E-state index is 0.723. The first-order valence-corrected chi connectivity index (χ1v) is 11.0. The molecule has 0 spiro atoms. The van der Waals surface area contributed by atoms with Crippen molar-refractivity contribution in [3.8, 4) is 11.5 Å². The standard InChI is InChI=1S/C23H27N7/c24-15-3-5-18-20(13-15)27-28-22(18)23-25-19-6-4-17(14-21(19)26-23)30-11-7-16(8-12-30)29-9-1-2-10-29/h3-6,13-14,16H,1-2,7-12,24H2,(H,25,26)(H,27,28). The summed E-state index contributed by atoms with van der Waals surface area (Å²) in [5.74, 6) is 0.783. The summed E-state index contributed by atoms with van der Waals surface area (Å²) in [6, 6.07) is 13.1. The highest BCUT2D eigenvalue weighted by Crippen LogP contribution is 2.30. The Balaban J connectivity index is 1.25. The lowest BCUT2D eigenvalue weighted by atomic mass is 10.0. The van der Waals surface area contributed by atoms with Gasteiger partial charge in [0.05, 0.1) is 16.6 Å². The lowest BCUT2D eigenvalue weighted by molar-refractivity contribution is 0.208. The second-order valence-corrected chi connectivity index (χ2v) is 8.63. The number of hydrogen-bond acceptors (Lipinski definition) is 5. The monoisotopic (exact) mass is 401 g/mol. The Morgan fingerprint density at radius 1 is 0.933 bits per heavy atom. The molecule has 0 bridgehead atoms. The minimum Gasteiger partial charge on any atom is -0.399 e. The zero-order valence-corrected chi connectivity index (χ0v) is 17.1. The fourth-order valence-electron chi connectivity index (χ4n) is 5.12. The van der Waals surface area contributed by atoms with E-state index in [2.05, 4.69) is 43.2 Å². The van der Waals surface area contributed by atoms with Gasteiger partial charge in [0.25, 0.3) is 0 Å². The third kappa shape index (κ3) is 3.01. The van der Waals surface area contributed by atoms with Crippen LogP contribution in [-0.2, 0) is 0 Å². The number of nitrogens with zero attached hydrogens (tertiary/aromatic N) is 4. The summed E-state index contributed by atoms with van der Waals surface area (Å²) in [7, 11) is 0. The Morgan fingerprint density at radius 3 is 2.60 bits per heavy atom. The smallest absolute Gasteiger partial charge is 0.159 e. The van der Waals surface area contributed by atoms with Crippen molar-refractivity contribution in [3.63, 3.8) is 0 Å². The third-order valence-corrected chi connectivity index (χ3v) is 6.76. The maximum atomic E-state index is 5.89. The van der Waals surface area contributed by atoms with Crippen molar-refractivity contribution in [2.45, 2.75) is 31.7 Å². The molecule has 2 aliphatic heterocycles. The van der Waals surface area contributed by atoms with Gasteiger partial charge < -0.3 is 20.5 Å². The van der Waals surface area contributed by atoms with Gasteiger partial charge in [0.2, 0.25) is 0 Å². The molecule has 4 heterocycles. The number of nitrogens with two attached hydrogens (primary N) is 1. The van der Waals surface area contributed by atoms with Crippen LogP contribution in [0.15, 0.2) is 36.4 Å². The summed E-state index contributed by atoms with van der Waals surface area (Å²) in [4.78, 5) is 13.5. The van der Waals surface area contributed by atoms with Crippen molar-refractivity contribution < 1.29 is 0 Å². The Hall–Kier alpha value is -3.06. The number of fused-ring (bicyclic) bond motifs is 2. The zero-order chi connectivity index (χ0) is 20.1. The Labute approximate surface area is 175 Å². The van der Waals surface area contributed by atoms with E-state index < -0.39 is 0 Å². The summed E-state index contributed by atoms with van der Waals surface area (Å²) in [5.41, 5.74) is 11.7. The van der Waals surface area contributed by atoms with Crippen molar-refractivity contribution >= 4 is 33.3 Å². The molecular weight excluding hydrogens is 374 g/mol. The van der Waals surface area contributed by atoms with E-state index in [-0.39, 0.29) is 0 Å². The molecule has 154 valence electrons. The molecule has 0 unspecified atom stereocenters. The SMILES string of the molecule is Nc1ccc2c(-c3nc4ccc(N5CCC(N6CCCC6)CC5)cc4[nH]3)n[nH]c2c1. The molecule has 2 aromatic carbocycles. The fraction of sp³-hybridized carbons (Fsp3) is 0.391. The van der Waals surface area contributed by atoms with Crippen LogP contribution in [0.4, 0.5) is 11.4 Å². The molecule has 2 saturated heterocycles. The van der Waals surface area contributed by atoms with Crippen LogP contribution < -0.4 is 10.6 Å². The number of anilines is 2. The highest BCUT2D eigenvalue weighted by molar-refractivity contribution is 5.94. The summed E-state index contributed by atoms with van der Waals surface area (Å²) in [6.45, 7) is 4.84. The lowest BCUT2D eigenvalue weighted by Crippen LogP contribution is -2.43. The van der Waals surface area contributed by atoms with Crippen molar-refractivity contribution in [2.75, 3.05) is 36.8 Å². The van der Waals surface area contributed by atoms with Gasteiger partial charge >= 0.3 is 0 Å². The second-order valence-electron chi connectivity index (χ2n) is 8.63. The average Bonchev–Trinajstić information content (AvgIpc) is 3.51. The third-order valence-electron chi connectivity index (χ3n) is 6.76. The van der Waals surface area contributed by atoms with Gasteiger partial charge in [-0.15, -0.1) is 0 Å². The van der Waals surface area contributed by atoms with E-state index in [9.17, 15) is 0 Å². The van der Waals surface area contributed by atoms with Gasteiger partial charge in [0.15, 0.2) is 5.82 Å². The minimum absolute atomic E-state index is 0.723. The van der Waals surface area contributed by atoms with E-state index in [1.54, 1.807) is 0 Å². The van der Waals surface area contributed by atoms with Crippen LogP contribution >= 0.6 is 0 Å². The maximum absolute atomic E-state index is 5.89. The fourth-order valence-corrected chi connectivity index (χ4v) is 5.12. The van der Waals surface area contributed by atoms with Crippen LogP contribution in [0.1, 0.15) is 25.7 Å². The lowest BCUT2D eigenvalue weighted by Gasteiger charge is -2.37. The van der Waals surface area contributed by atoms with Crippen molar-refractivity contribution in [1.82, 2.24) is 25.1 Å². The molecule has 0 atom stereocenters. The summed E-state index contributed by atoms with van der Waals surface area (Å²) in [5, 5.41) is 8.55. The van der Waals surface area contributed by atoms with Gasteiger partial charge in [0.1, 0.15) is 5.69 Å². The maximum Gasteiger partial charge on any atom is 0.159 e. The van der Waals surface area contributed by atoms with Gasteiger partial charge in [-0.25, -0.2) is 4.98 Å². The predicted molar refractivity (Wildman–Crippen MR) is 122 cm³/mol. The van der Waals surface area contributed by atoms with Gasteiger partial charge in [-0.3, -0.25) is 5.10 Å². The first-order valence-electron chi connectivity index (χ1n) is 11.0. The molecule has 4 N–H and O–H groups in total. The number of H-pyrrole nitrogens is 2. The second kappa shape index (κ2) is 7.02. The topological polar surface area (TPSA) is 89.9 Å². The molecule has 0 saturated carbocycles. The molecule has 2 fully saturated rings. The first kappa shape index (κ1) is 17.8. The van der Waals surface area contributed by atoms with E-state index in [4.69, 9.17) is 10.7 Å². The number of aromatic nitrogens is 4. The Morgan fingerprint density at radius 2 is 1.77 bits per heavy atom. The van der Waals surface area contributed by atoms with Gasteiger partial charge in [-0.05, 0) is 75.2 Å². The van der Waals surface area contributed by atoms with Crippen LogP contribution in [-0.4, -0.2) is 57.3 Å². The highest BCUT2D eigenvalue weighted by Gasteiger charge is 2.26. The number of piperidine rings is 1. The van der Waals surface area contributed by atoms with E-state index in [1.165, 1.54) is 44.5 Å².